The van der Waals surface area contributed by atoms with E-state index in [9.17, 15) is 19.7 Å². The van der Waals surface area contributed by atoms with Crippen LogP contribution in [0.5, 0.6) is 0 Å². The van der Waals surface area contributed by atoms with Crippen molar-refractivity contribution in [3.63, 3.8) is 0 Å². The molecule has 0 radical (unpaired) electrons. The molecule has 2 N–H and O–H groups in total. The smallest absolute Gasteiger partial charge is 0.269 e. The molecule has 0 fully saturated rings. The van der Waals surface area contributed by atoms with Gasteiger partial charge in [-0.25, -0.2) is 5.43 Å². The lowest BCUT2D eigenvalue weighted by atomic mass is 10.2. The summed E-state index contributed by atoms with van der Waals surface area (Å²) in [5.41, 5.74) is 2.44. The van der Waals surface area contributed by atoms with E-state index < -0.39 is 16.7 Å². The summed E-state index contributed by atoms with van der Waals surface area (Å²) in [7, 11) is 0. The zero-order valence-corrected chi connectivity index (χ0v) is 14.9. The van der Waals surface area contributed by atoms with Crippen LogP contribution in [0.25, 0.3) is 0 Å². The number of carbonyl (C=O) groups is 2. The highest BCUT2D eigenvalue weighted by Crippen LogP contribution is 2.18. The van der Waals surface area contributed by atoms with Gasteiger partial charge in [0.15, 0.2) is 0 Å². The van der Waals surface area contributed by atoms with Gasteiger partial charge in [0.1, 0.15) is 10.8 Å². The first-order valence-corrected chi connectivity index (χ1v) is 8.56. The molecule has 2 heterocycles. The molecular formula is C16H12N6O5S. The first-order chi connectivity index (χ1) is 13.5. The number of rotatable bonds is 7. The van der Waals surface area contributed by atoms with Crippen molar-refractivity contribution in [2.75, 3.05) is 5.32 Å². The average molecular weight is 400 g/mol. The van der Waals surface area contributed by atoms with E-state index in [1.165, 1.54) is 36.7 Å². The first kappa shape index (κ1) is 18.8. The van der Waals surface area contributed by atoms with Gasteiger partial charge in [-0.05, 0) is 24.3 Å². The van der Waals surface area contributed by atoms with Crippen LogP contribution in [0, 0.1) is 10.1 Å². The molecule has 12 heteroatoms. The van der Waals surface area contributed by atoms with Gasteiger partial charge >= 0.3 is 0 Å². The summed E-state index contributed by atoms with van der Waals surface area (Å²) in [6.45, 7) is 0. The monoisotopic (exact) mass is 400 g/mol. The summed E-state index contributed by atoms with van der Waals surface area (Å²) in [4.78, 5) is 34.0. The van der Waals surface area contributed by atoms with Crippen molar-refractivity contribution in [2.45, 2.75) is 6.42 Å². The van der Waals surface area contributed by atoms with Gasteiger partial charge < -0.3 is 4.42 Å². The highest BCUT2D eigenvalue weighted by molar-refractivity contribution is 7.15. The normalized spacial score (nSPS) is 10.7. The van der Waals surface area contributed by atoms with Gasteiger partial charge in [-0.15, -0.1) is 10.2 Å². The highest BCUT2D eigenvalue weighted by atomic mass is 32.1. The van der Waals surface area contributed by atoms with Crippen LogP contribution in [-0.2, 0) is 11.2 Å². The second kappa shape index (κ2) is 8.64. The number of amides is 2. The van der Waals surface area contributed by atoms with Crippen molar-refractivity contribution < 1.29 is 18.9 Å². The predicted molar refractivity (Wildman–Crippen MR) is 99.1 cm³/mol. The van der Waals surface area contributed by atoms with Crippen molar-refractivity contribution >= 4 is 40.2 Å². The molecule has 3 aromatic rings. The summed E-state index contributed by atoms with van der Waals surface area (Å²) in [5, 5.41) is 25.1. The van der Waals surface area contributed by atoms with Crippen LogP contribution in [0.2, 0.25) is 0 Å². The Kier molecular flexibility index (Phi) is 5.81. The number of non-ortho nitro benzene ring substituents is 1. The third-order valence-corrected chi connectivity index (χ3v) is 4.10. The summed E-state index contributed by atoms with van der Waals surface area (Å²) < 4.78 is 5.03. The Bertz CT molecular complexity index is 1010. The van der Waals surface area contributed by atoms with Crippen LogP contribution in [-0.4, -0.2) is 33.1 Å². The van der Waals surface area contributed by atoms with Crippen LogP contribution in [0.15, 0.2) is 52.2 Å². The third kappa shape index (κ3) is 5.04. The molecule has 3 rings (SSSR count). The lowest BCUT2D eigenvalue weighted by Gasteiger charge is -2.00. The molecule has 0 aliphatic carbocycles. The number of nitrogens with zero attached hydrogens (tertiary/aromatic N) is 4. The number of anilines is 1. The SMILES string of the molecule is O=C(Cc1nnc(NC(=O)c2ccc([N+](=O)[O-])cc2)s1)N/N=C/c1ccco1. The summed E-state index contributed by atoms with van der Waals surface area (Å²) >= 11 is 1.03. The average Bonchev–Trinajstić information content (AvgIpc) is 3.34. The molecule has 1 aromatic carbocycles. The van der Waals surface area contributed by atoms with E-state index in [1.54, 1.807) is 12.1 Å². The summed E-state index contributed by atoms with van der Waals surface area (Å²) in [6, 6.07) is 8.50. The van der Waals surface area contributed by atoms with Gasteiger partial charge in [0.05, 0.1) is 23.8 Å². The topological polar surface area (TPSA) is 153 Å². The van der Waals surface area contributed by atoms with Gasteiger partial charge in [0, 0.05) is 17.7 Å². The number of hydrogen-bond acceptors (Lipinski definition) is 9. The van der Waals surface area contributed by atoms with Crippen molar-refractivity contribution in [3.05, 3.63) is 69.1 Å². The number of hydrazone groups is 1. The summed E-state index contributed by atoms with van der Waals surface area (Å²) in [5.74, 6) is -0.412. The Morgan fingerprint density at radius 2 is 2.04 bits per heavy atom. The highest BCUT2D eigenvalue weighted by Gasteiger charge is 2.13. The molecule has 0 unspecified atom stereocenters. The molecule has 2 aromatic heterocycles. The standard InChI is InChI=1S/C16H12N6O5S/c23-13(19-17-9-12-2-1-7-27-12)8-14-20-21-16(28-14)18-15(24)10-3-5-11(6-4-10)22(25)26/h1-7,9H,8H2,(H,19,23)(H,18,21,24)/b17-9+. The minimum absolute atomic E-state index is 0.0689. The molecular weight excluding hydrogens is 388 g/mol. The Morgan fingerprint density at radius 1 is 1.25 bits per heavy atom. The quantitative estimate of drug-likeness (QED) is 0.349. The molecule has 0 aliphatic rings. The van der Waals surface area contributed by atoms with Crippen molar-refractivity contribution in [2.24, 2.45) is 5.10 Å². The maximum absolute atomic E-state index is 12.1. The lowest BCUT2D eigenvalue weighted by molar-refractivity contribution is -0.384. The van der Waals surface area contributed by atoms with E-state index in [0.29, 0.717) is 10.8 Å². The minimum Gasteiger partial charge on any atom is -0.463 e. The molecule has 0 saturated carbocycles. The van der Waals surface area contributed by atoms with Crippen LogP contribution in [0.1, 0.15) is 21.1 Å². The maximum atomic E-state index is 12.1. The van der Waals surface area contributed by atoms with Gasteiger partial charge in [-0.1, -0.05) is 11.3 Å². The number of nitrogens with one attached hydrogen (secondary N) is 2. The Morgan fingerprint density at radius 3 is 2.71 bits per heavy atom. The Hall–Kier alpha value is -3.93. The van der Waals surface area contributed by atoms with E-state index in [2.05, 4.69) is 26.0 Å². The molecule has 142 valence electrons. The van der Waals surface area contributed by atoms with Crippen molar-refractivity contribution in [3.8, 4) is 0 Å². The van der Waals surface area contributed by atoms with Crippen LogP contribution in [0.4, 0.5) is 10.8 Å². The van der Waals surface area contributed by atoms with Gasteiger partial charge in [0.25, 0.3) is 11.6 Å². The molecule has 28 heavy (non-hydrogen) atoms. The number of carbonyl (C=O) groups excluding carboxylic acids is 2. The van der Waals surface area contributed by atoms with E-state index in [1.807, 2.05) is 0 Å². The van der Waals surface area contributed by atoms with Crippen molar-refractivity contribution in [1.29, 1.82) is 0 Å². The van der Waals surface area contributed by atoms with E-state index >= 15 is 0 Å². The van der Waals surface area contributed by atoms with Crippen LogP contribution in [0.3, 0.4) is 0 Å². The van der Waals surface area contributed by atoms with Crippen molar-refractivity contribution in [1.82, 2.24) is 15.6 Å². The molecule has 2 amide bonds. The lowest BCUT2D eigenvalue weighted by Crippen LogP contribution is -2.19. The number of furan rings is 1. The molecule has 0 bridgehead atoms. The van der Waals surface area contributed by atoms with E-state index in [0.717, 1.165) is 11.3 Å². The van der Waals surface area contributed by atoms with Gasteiger partial charge in [-0.2, -0.15) is 5.10 Å². The second-order valence-electron chi connectivity index (χ2n) is 5.24. The molecule has 0 spiro atoms. The fourth-order valence-corrected chi connectivity index (χ4v) is 2.72. The minimum atomic E-state index is -0.553. The fraction of sp³-hybridized carbons (Fsp3) is 0.0625. The molecule has 0 aliphatic heterocycles. The molecule has 0 saturated heterocycles. The van der Waals surface area contributed by atoms with Gasteiger partial charge in [0.2, 0.25) is 11.0 Å². The Balaban J connectivity index is 1.52. The third-order valence-electron chi connectivity index (χ3n) is 3.26. The zero-order chi connectivity index (χ0) is 19.9. The predicted octanol–water partition coefficient (Wildman–Crippen LogP) is 1.98. The first-order valence-electron chi connectivity index (χ1n) is 7.75. The number of nitro benzene ring substituents is 1. The zero-order valence-electron chi connectivity index (χ0n) is 14.1. The Labute approximate surface area is 161 Å². The molecule has 0 atom stereocenters. The second-order valence-corrected chi connectivity index (χ2v) is 6.31. The maximum Gasteiger partial charge on any atom is 0.269 e. The van der Waals surface area contributed by atoms with Crippen LogP contribution < -0.4 is 10.7 Å². The van der Waals surface area contributed by atoms with E-state index in [-0.39, 0.29) is 22.8 Å². The molecule has 11 nitrogen and oxygen atoms in total. The van der Waals surface area contributed by atoms with E-state index in [4.69, 9.17) is 4.42 Å². The summed E-state index contributed by atoms with van der Waals surface area (Å²) in [6.07, 6.45) is 2.77. The number of aromatic nitrogens is 2. The van der Waals surface area contributed by atoms with Crippen LogP contribution >= 0.6 is 11.3 Å². The largest absolute Gasteiger partial charge is 0.463 e. The fourth-order valence-electron chi connectivity index (χ4n) is 1.99. The van der Waals surface area contributed by atoms with Gasteiger partial charge in [-0.3, -0.25) is 25.0 Å². The number of benzene rings is 1. The number of hydrogen-bond donors (Lipinski definition) is 2. The number of nitro groups is 1.